The van der Waals surface area contributed by atoms with Crippen molar-refractivity contribution in [2.45, 2.75) is 39.3 Å². The van der Waals surface area contributed by atoms with Crippen LogP contribution in [-0.4, -0.2) is 33.2 Å². The highest BCUT2D eigenvalue weighted by atomic mass is 28.3. The van der Waals surface area contributed by atoms with Crippen LogP contribution in [0.5, 0.6) is 0 Å². The molecule has 1 atom stereocenters. The van der Waals surface area contributed by atoms with Gasteiger partial charge in [-0.1, -0.05) is 37.6 Å². The van der Waals surface area contributed by atoms with Gasteiger partial charge in [0, 0.05) is 0 Å². The molecular weight excluding hydrogens is 174 g/mol. The van der Waals surface area contributed by atoms with Crippen LogP contribution in [0.15, 0.2) is 11.8 Å². The van der Waals surface area contributed by atoms with Gasteiger partial charge in [0.1, 0.15) is 0 Å². The molecule has 0 aromatic carbocycles. The summed E-state index contributed by atoms with van der Waals surface area (Å²) >= 11 is 0. The molecule has 0 aromatic rings. The van der Waals surface area contributed by atoms with Gasteiger partial charge in [-0.15, -0.1) is 6.58 Å². The molecule has 1 unspecified atom stereocenters. The first kappa shape index (κ1) is 12.9. The summed E-state index contributed by atoms with van der Waals surface area (Å²) in [7, 11) is 3.17. The second-order valence-corrected chi connectivity index (χ2v) is 9.34. The monoisotopic (exact) mass is 199 g/mol. The zero-order chi connectivity index (χ0) is 10.5. The third kappa shape index (κ3) is 3.65. The number of hydrogen-bond acceptors (Lipinski definition) is 1. The Kier molecular flexibility index (Phi) is 5.57. The third-order valence-corrected chi connectivity index (χ3v) is 8.79. The van der Waals surface area contributed by atoms with Crippen molar-refractivity contribution in [2.24, 2.45) is 0 Å². The Morgan fingerprint density at radius 3 is 2.08 bits per heavy atom. The van der Waals surface area contributed by atoms with Gasteiger partial charge in [-0.3, -0.25) is 0 Å². The van der Waals surface area contributed by atoms with Crippen molar-refractivity contribution >= 4 is 8.07 Å². The van der Waals surface area contributed by atoms with E-state index in [1.165, 1.54) is 29.9 Å². The lowest BCUT2D eigenvalue weighted by Gasteiger charge is -2.33. The first-order valence-electron chi connectivity index (χ1n) is 5.29. The lowest BCUT2D eigenvalue weighted by molar-refractivity contribution is 0.468. The number of allylic oxidation sites excluding steroid dienone is 1. The lowest BCUT2D eigenvalue weighted by Crippen LogP contribution is -2.45. The molecule has 13 heavy (non-hydrogen) atoms. The molecule has 0 aliphatic rings. The summed E-state index contributed by atoms with van der Waals surface area (Å²) in [5.74, 6) is 0. The molecule has 0 N–H and O–H groups in total. The minimum Gasteiger partial charge on any atom is -0.312 e. The van der Waals surface area contributed by atoms with Crippen molar-refractivity contribution < 1.29 is 0 Å². The molecule has 0 radical (unpaired) electrons. The molecule has 0 aliphatic carbocycles. The van der Waals surface area contributed by atoms with E-state index in [9.17, 15) is 0 Å². The van der Waals surface area contributed by atoms with E-state index < -0.39 is 8.07 Å². The van der Waals surface area contributed by atoms with Crippen molar-refractivity contribution in [3.05, 3.63) is 11.8 Å². The molecule has 0 aliphatic heterocycles. The maximum atomic E-state index is 4.21. The van der Waals surface area contributed by atoms with E-state index in [1.54, 1.807) is 0 Å². The molecule has 0 spiro atoms. The van der Waals surface area contributed by atoms with Crippen LogP contribution in [0.3, 0.4) is 0 Å². The average Bonchev–Trinajstić information content (AvgIpc) is 2.02. The fourth-order valence-electron chi connectivity index (χ4n) is 2.10. The molecular formula is C11H25NSi. The maximum Gasteiger partial charge on any atom is 0.0943 e. The summed E-state index contributed by atoms with van der Waals surface area (Å²) < 4.78 is 0. The van der Waals surface area contributed by atoms with Crippen LogP contribution in [0.2, 0.25) is 12.1 Å². The Bertz CT molecular complexity index is 165. The van der Waals surface area contributed by atoms with Crippen LogP contribution in [0.25, 0.3) is 0 Å². The molecule has 0 heterocycles. The number of rotatable bonds is 6. The topological polar surface area (TPSA) is 3.24 Å². The van der Waals surface area contributed by atoms with Crippen molar-refractivity contribution in [3.8, 4) is 0 Å². The molecule has 0 saturated carbocycles. The van der Waals surface area contributed by atoms with Gasteiger partial charge in [0.2, 0.25) is 0 Å². The van der Waals surface area contributed by atoms with Crippen LogP contribution in [-0.2, 0) is 0 Å². The van der Waals surface area contributed by atoms with E-state index in [0.717, 1.165) is 0 Å². The molecule has 0 amide bonds. The van der Waals surface area contributed by atoms with E-state index in [0.29, 0.717) is 0 Å². The Morgan fingerprint density at radius 2 is 1.85 bits per heavy atom. The van der Waals surface area contributed by atoms with Gasteiger partial charge in [0.05, 0.1) is 8.07 Å². The molecule has 1 nitrogen and oxygen atoms in total. The van der Waals surface area contributed by atoms with Gasteiger partial charge >= 0.3 is 0 Å². The molecule has 0 fully saturated rings. The smallest absolute Gasteiger partial charge is 0.0943 e. The molecule has 0 aromatic heterocycles. The zero-order valence-electron chi connectivity index (χ0n) is 9.98. The summed E-state index contributed by atoms with van der Waals surface area (Å²) in [6.45, 7) is 11.1. The van der Waals surface area contributed by atoms with Gasteiger partial charge in [-0.2, -0.15) is 0 Å². The van der Waals surface area contributed by atoms with E-state index in [4.69, 9.17) is 0 Å². The minimum absolute atomic E-state index is 1.18. The normalized spacial score (nSPS) is 15.8. The molecule has 2 heteroatoms. The highest BCUT2D eigenvalue weighted by Crippen LogP contribution is 2.25. The highest BCUT2D eigenvalue weighted by Gasteiger charge is 2.31. The van der Waals surface area contributed by atoms with E-state index in [1.807, 2.05) is 0 Å². The Balaban J connectivity index is 4.54. The van der Waals surface area contributed by atoms with Gasteiger partial charge in [0.15, 0.2) is 0 Å². The summed E-state index contributed by atoms with van der Waals surface area (Å²) in [6.07, 6.45) is 2.58. The van der Waals surface area contributed by atoms with Gasteiger partial charge in [-0.25, -0.2) is 0 Å². The molecule has 0 rings (SSSR count). The predicted molar refractivity (Wildman–Crippen MR) is 64.7 cm³/mol. The zero-order valence-corrected chi connectivity index (χ0v) is 11.0. The van der Waals surface area contributed by atoms with Gasteiger partial charge < -0.3 is 4.90 Å². The van der Waals surface area contributed by atoms with Crippen LogP contribution < -0.4 is 0 Å². The molecule has 0 saturated heterocycles. The Labute approximate surface area is 84.8 Å². The first-order valence-corrected chi connectivity index (χ1v) is 7.91. The minimum atomic E-state index is -1.18. The van der Waals surface area contributed by atoms with Crippen molar-refractivity contribution in [3.63, 3.8) is 0 Å². The van der Waals surface area contributed by atoms with E-state index >= 15 is 0 Å². The maximum absolute atomic E-state index is 4.21. The second kappa shape index (κ2) is 5.61. The van der Waals surface area contributed by atoms with E-state index in [2.05, 4.69) is 46.3 Å². The number of hydrogen-bond donors (Lipinski definition) is 0. The van der Waals surface area contributed by atoms with Crippen LogP contribution >= 0.6 is 0 Å². The predicted octanol–water partition coefficient (Wildman–Crippen LogP) is 3.08. The fourth-order valence-corrected chi connectivity index (χ4v) is 6.30. The lowest BCUT2D eigenvalue weighted by atomic mass is 10.6. The highest BCUT2D eigenvalue weighted by molar-refractivity contribution is 6.86. The fraction of sp³-hybridized carbons (Fsp3) is 0.818. The largest absolute Gasteiger partial charge is 0.312 e. The van der Waals surface area contributed by atoms with E-state index in [-0.39, 0.29) is 0 Å². The summed E-state index contributed by atoms with van der Waals surface area (Å²) in [6, 6.07) is 2.74. The average molecular weight is 199 g/mol. The summed E-state index contributed by atoms with van der Waals surface area (Å²) in [5, 5.41) is 1.48. The van der Waals surface area contributed by atoms with Crippen LogP contribution in [0.4, 0.5) is 0 Å². The van der Waals surface area contributed by atoms with Crippen molar-refractivity contribution in [2.75, 3.05) is 20.3 Å². The molecule has 0 bridgehead atoms. The Morgan fingerprint density at radius 1 is 1.31 bits per heavy atom. The first-order chi connectivity index (χ1) is 5.98. The van der Waals surface area contributed by atoms with Gasteiger partial charge in [0.25, 0.3) is 0 Å². The third-order valence-electron chi connectivity index (χ3n) is 2.93. The van der Waals surface area contributed by atoms with Crippen LogP contribution in [0.1, 0.15) is 27.2 Å². The van der Waals surface area contributed by atoms with Crippen LogP contribution in [0, 0.1) is 0 Å². The van der Waals surface area contributed by atoms with Gasteiger partial charge in [-0.05, 0) is 27.2 Å². The van der Waals surface area contributed by atoms with Crippen molar-refractivity contribution in [1.82, 2.24) is 4.90 Å². The van der Waals surface area contributed by atoms with Crippen molar-refractivity contribution in [1.29, 1.82) is 0 Å². The number of nitrogens with zero attached hydrogens (tertiary/aromatic N) is 1. The summed E-state index contributed by atoms with van der Waals surface area (Å²) in [4.78, 5) is 2.33. The standard InChI is InChI=1S/C11H25NSi/c1-7-9-13(8-2,11(3)4)10-12(5)6/h3,7-10H2,1-2,4-6H3. The second-order valence-electron chi connectivity index (χ2n) is 4.40. The summed E-state index contributed by atoms with van der Waals surface area (Å²) in [5.41, 5.74) is 0. The molecule has 78 valence electrons. The SMILES string of the molecule is C=C(C)[Si](CC)(CCC)CN(C)C. The Hall–Kier alpha value is -0.0831. The quantitative estimate of drug-likeness (QED) is 0.594.